The first kappa shape index (κ1) is 11.3. The van der Waals surface area contributed by atoms with Crippen molar-refractivity contribution in [1.29, 1.82) is 0 Å². The number of aromatic nitrogens is 4. The molecule has 0 fully saturated rings. The molecule has 0 atom stereocenters. The Labute approximate surface area is 119 Å². The van der Waals surface area contributed by atoms with Crippen LogP contribution in [0.3, 0.4) is 0 Å². The molecule has 4 nitrogen and oxygen atoms in total. The minimum atomic E-state index is 0.690. The lowest BCUT2D eigenvalue weighted by Gasteiger charge is -2.11. The van der Waals surface area contributed by atoms with E-state index < -0.39 is 0 Å². The van der Waals surface area contributed by atoms with Gasteiger partial charge >= 0.3 is 0 Å². The van der Waals surface area contributed by atoms with Crippen LogP contribution in [0.25, 0.3) is 27.8 Å². The summed E-state index contributed by atoms with van der Waals surface area (Å²) < 4.78 is 2.67. The van der Waals surface area contributed by atoms with E-state index in [4.69, 9.17) is 12.2 Å². The first-order valence-electron chi connectivity index (χ1n) is 6.24. The van der Waals surface area contributed by atoms with Gasteiger partial charge < -0.3 is 4.98 Å². The predicted molar refractivity (Wildman–Crippen MR) is 81.6 cm³/mol. The molecule has 0 unspecified atom stereocenters. The highest BCUT2D eigenvalue weighted by Gasteiger charge is 2.11. The zero-order chi connectivity index (χ0) is 13.5. The Balaban J connectivity index is 2.28. The van der Waals surface area contributed by atoms with Crippen LogP contribution < -0.4 is 0 Å². The summed E-state index contributed by atoms with van der Waals surface area (Å²) in [6.45, 7) is 0. The second-order valence-corrected chi connectivity index (χ2v) is 4.86. The van der Waals surface area contributed by atoms with E-state index in [1.807, 2.05) is 47.0 Å². The van der Waals surface area contributed by atoms with Gasteiger partial charge in [-0.05, 0) is 24.3 Å². The maximum atomic E-state index is 5.61. The minimum Gasteiger partial charge on any atom is -0.342 e. The molecular formula is C15H10N4S. The summed E-state index contributed by atoms with van der Waals surface area (Å²) in [7, 11) is 0. The van der Waals surface area contributed by atoms with Gasteiger partial charge in [0.2, 0.25) is 0 Å². The van der Waals surface area contributed by atoms with Crippen LogP contribution in [-0.2, 0) is 0 Å². The molecule has 5 heteroatoms. The fourth-order valence-electron chi connectivity index (χ4n) is 2.45. The topological polar surface area (TPSA) is 46.5 Å². The maximum Gasteiger partial charge on any atom is 0.147 e. The zero-order valence-corrected chi connectivity index (χ0v) is 11.3. The predicted octanol–water partition coefficient (Wildman–Crippen LogP) is 3.63. The Kier molecular flexibility index (Phi) is 2.40. The largest absolute Gasteiger partial charge is 0.342 e. The molecular weight excluding hydrogens is 268 g/mol. The molecule has 0 aliphatic rings. The van der Waals surface area contributed by atoms with Crippen molar-refractivity contribution in [2.75, 3.05) is 0 Å². The van der Waals surface area contributed by atoms with Crippen molar-refractivity contribution in [3.05, 3.63) is 59.6 Å². The molecule has 4 aromatic rings. The molecule has 1 aromatic carbocycles. The fraction of sp³-hybridized carbons (Fsp3) is 0. The Morgan fingerprint density at radius 2 is 1.85 bits per heavy atom. The van der Waals surface area contributed by atoms with E-state index in [0.29, 0.717) is 4.64 Å². The van der Waals surface area contributed by atoms with Gasteiger partial charge in [0.25, 0.3) is 0 Å². The Morgan fingerprint density at radius 3 is 2.70 bits per heavy atom. The number of benzene rings is 1. The van der Waals surface area contributed by atoms with Gasteiger partial charge in [0.05, 0.1) is 6.33 Å². The highest BCUT2D eigenvalue weighted by atomic mass is 32.1. The number of hydrogen-bond donors (Lipinski definition) is 1. The normalized spacial score (nSPS) is 11.2. The number of para-hydroxylation sites is 1. The monoisotopic (exact) mass is 278 g/mol. The third-order valence-corrected chi connectivity index (χ3v) is 3.71. The molecule has 1 N–H and O–H groups in total. The first-order chi connectivity index (χ1) is 9.86. The van der Waals surface area contributed by atoms with Crippen molar-refractivity contribution in [2.24, 2.45) is 0 Å². The molecule has 0 saturated carbocycles. The van der Waals surface area contributed by atoms with Crippen LogP contribution in [0.15, 0.2) is 55.0 Å². The summed E-state index contributed by atoms with van der Waals surface area (Å²) in [5.41, 5.74) is 3.55. The van der Waals surface area contributed by atoms with Crippen molar-refractivity contribution in [3.8, 4) is 5.69 Å². The Morgan fingerprint density at radius 1 is 1.00 bits per heavy atom. The molecule has 96 valence electrons. The van der Waals surface area contributed by atoms with Gasteiger partial charge in [-0.15, -0.1) is 0 Å². The summed E-state index contributed by atoms with van der Waals surface area (Å²) in [6, 6.07) is 13.9. The molecule has 3 heterocycles. The molecule has 0 spiro atoms. The summed E-state index contributed by atoms with van der Waals surface area (Å²) in [5.74, 6) is 0. The molecule has 3 aromatic heterocycles. The van der Waals surface area contributed by atoms with Gasteiger partial charge in [-0.2, -0.15) is 0 Å². The lowest BCUT2D eigenvalue weighted by Crippen LogP contribution is -2.01. The smallest absolute Gasteiger partial charge is 0.147 e. The van der Waals surface area contributed by atoms with Crippen LogP contribution in [0.5, 0.6) is 0 Å². The first-order valence-corrected chi connectivity index (χ1v) is 6.65. The number of H-pyrrole nitrogens is 1. The summed E-state index contributed by atoms with van der Waals surface area (Å²) in [6.07, 6.45) is 3.44. The van der Waals surface area contributed by atoms with E-state index in [9.17, 15) is 0 Å². The number of hydrogen-bond acceptors (Lipinski definition) is 3. The summed E-state index contributed by atoms with van der Waals surface area (Å²) in [5, 5.41) is 0.987. The Bertz CT molecular complexity index is 969. The number of pyridine rings is 2. The van der Waals surface area contributed by atoms with Crippen LogP contribution in [0.4, 0.5) is 0 Å². The number of imidazole rings is 1. The van der Waals surface area contributed by atoms with E-state index in [-0.39, 0.29) is 0 Å². The van der Waals surface area contributed by atoms with Gasteiger partial charge in [0.1, 0.15) is 21.3 Å². The van der Waals surface area contributed by atoms with Gasteiger partial charge in [0.15, 0.2) is 0 Å². The van der Waals surface area contributed by atoms with Crippen LogP contribution >= 0.6 is 12.2 Å². The van der Waals surface area contributed by atoms with Gasteiger partial charge in [0, 0.05) is 17.3 Å². The molecule has 20 heavy (non-hydrogen) atoms. The molecule has 0 bridgehead atoms. The SMILES string of the molecule is S=c1c2[nH]cnc2c2cccnc2n1-c1ccccc1. The maximum absolute atomic E-state index is 5.61. The molecule has 0 aliphatic carbocycles. The highest BCUT2D eigenvalue weighted by molar-refractivity contribution is 7.71. The average Bonchev–Trinajstić information content (AvgIpc) is 2.99. The third-order valence-electron chi connectivity index (χ3n) is 3.32. The van der Waals surface area contributed by atoms with Crippen molar-refractivity contribution >= 4 is 34.3 Å². The fourth-order valence-corrected chi connectivity index (χ4v) is 2.79. The molecule has 0 saturated heterocycles. The summed E-state index contributed by atoms with van der Waals surface area (Å²) in [4.78, 5) is 12.0. The van der Waals surface area contributed by atoms with Crippen LogP contribution in [0.2, 0.25) is 0 Å². The second-order valence-electron chi connectivity index (χ2n) is 4.48. The van der Waals surface area contributed by atoms with Crippen molar-refractivity contribution in [1.82, 2.24) is 19.5 Å². The number of rotatable bonds is 1. The number of nitrogens with zero attached hydrogens (tertiary/aromatic N) is 3. The quantitative estimate of drug-likeness (QED) is 0.541. The molecule has 4 rings (SSSR count). The van der Waals surface area contributed by atoms with Crippen LogP contribution in [0.1, 0.15) is 0 Å². The van der Waals surface area contributed by atoms with E-state index in [2.05, 4.69) is 15.0 Å². The van der Waals surface area contributed by atoms with Gasteiger partial charge in [-0.25, -0.2) is 9.97 Å². The van der Waals surface area contributed by atoms with Crippen molar-refractivity contribution in [3.63, 3.8) is 0 Å². The number of nitrogens with one attached hydrogen (secondary N) is 1. The zero-order valence-electron chi connectivity index (χ0n) is 10.4. The average molecular weight is 278 g/mol. The standard InChI is InChI=1S/C15H10N4S/c20-15-13-12(17-9-18-13)11-7-4-8-16-14(11)19(15)10-5-2-1-3-6-10/h1-9H,(H,17,18). The van der Waals surface area contributed by atoms with Crippen molar-refractivity contribution in [2.45, 2.75) is 0 Å². The molecule has 0 aliphatic heterocycles. The second kappa shape index (κ2) is 4.25. The van der Waals surface area contributed by atoms with E-state index in [1.165, 1.54) is 0 Å². The van der Waals surface area contributed by atoms with Crippen molar-refractivity contribution < 1.29 is 0 Å². The van der Waals surface area contributed by atoms with Gasteiger partial charge in [-0.1, -0.05) is 30.4 Å². The number of fused-ring (bicyclic) bond motifs is 3. The van der Waals surface area contributed by atoms with Crippen LogP contribution in [-0.4, -0.2) is 19.5 Å². The van der Waals surface area contributed by atoms with E-state index >= 15 is 0 Å². The molecule has 0 radical (unpaired) electrons. The van der Waals surface area contributed by atoms with Crippen LogP contribution in [0, 0.1) is 4.64 Å². The van der Waals surface area contributed by atoms with E-state index in [0.717, 1.165) is 27.8 Å². The van der Waals surface area contributed by atoms with Gasteiger partial charge in [-0.3, -0.25) is 4.57 Å². The lowest BCUT2D eigenvalue weighted by molar-refractivity contribution is 1.06. The Hall–Kier alpha value is -2.53. The third kappa shape index (κ3) is 1.50. The van der Waals surface area contributed by atoms with E-state index in [1.54, 1.807) is 12.5 Å². The molecule has 0 amide bonds. The lowest BCUT2D eigenvalue weighted by atomic mass is 10.2. The highest BCUT2D eigenvalue weighted by Crippen LogP contribution is 2.25. The number of aromatic amines is 1. The minimum absolute atomic E-state index is 0.690. The summed E-state index contributed by atoms with van der Waals surface area (Å²) >= 11 is 5.61.